The molecule has 0 aliphatic carbocycles. The monoisotopic (exact) mass is 285 g/mol. The summed E-state index contributed by atoms with van der Waals surface area (Å²) in [6.45, 7) is 2.61. The highest BCUT2D eigenvalue weighted by Crippen LogP contribution is 2.25. The van der Waals surface area contributed by atoms with Gasteiger partial charge in [-0.25, -0.2) is 0 Å². The third-order valence-electron chi connectivity index (χ3n) is 2.51. The largest absolute Gasteiger partial charge is 0.339 e. The predicted octanol–water partition coefficient (Wildman–Crippen LogP) is 3.18. The predicted molar refractivity (Wildman–Crippen MR) is 71.7 cm³/mol. The van der Waals surface area contributed by atoms with Gasteiger partial charge in [0.15, 0.2) is 0 Å². The SMILES string of the molecule is CC(CN)Cc1nc(-c2cc(Cl)cc(Cl)c2)no1. The van der Waals surface area contributed by atoms with E-state index in [9.17, 15) is 0 Å². The molecule has 1 unspecified atom stereocenters. The molecule has 1 atom stereocenters. The van der Waals surface area contributed by atoms with Crippen LogP contribution in [0.5, 0.6) is 0 Å². The summed E-state index contributed by atoms with van der Waals surface area (Å²) in [6, 6.07) is 5.15. The molecule has 2 aromatic rings. The summed E-state index contributed by atoms with van der Waals surface area (Å²) >= 11 is 11.9. The first-order valence-corrected chi connectivity index (χ1v) is 6.33. The van der Waals surface area contributed by atoms with E-state index in [0.29, 0.717) is 40.6 Å². The van der Waals surface area contributed by atoms with Crippen LogP contribution in [0, 0.1) is 5.92 Å². The van der Waals surface area contributed by atoms with E-state index in [0.717, 1.165) is 5.56 Å². The van der Waals surface area contributed by atoms with Crippen LogP contribution in [0.4, 0.5) is 0 Å². The molecule has 0 radical (unpaired) electrons. The topological polar surface area (TPSA) is 64.9 Å². The second kappa shape index (κ2) is 5.69. The second-order valence-corrected chi connectivity index (χ2v) is 5.09. The zero-order chi connectivity index (χ0) is 13.1. The molecule has 0 spiro atoms. The van der Waals surface area contributed by atoms with Crippen molar-refractivity contribution in [2.24, 2.45) is 11.7 Å². The van der Waals surface area contributed by atoms with Crippen molar-refractivity contribution in [1.29, 1.82) is 0 Å². The summed E-state index contributed by atoms with van der Waals surface area (Å²) in [5, 5.41) is 4.99. The van der Waals surface area contributed by atoms with Gasteiger partial charge in [0, 0.05) is 22.0 Å². The van der Waals surface area contributed by atoms with E-state index in [-0.39, 0.29) is 0 Å². The molecule has 0 aliphatic heterocycles. The van der Waals surface area contributed by atoms with E-state index in [2.05, 4.69) is 10.1 Å². The molecule has 0 bridgehead atoms. The van der Waals surface area contributed by atoms with Gasteiger partial charge in [0.25, 0.3) is 0 Å². The first kappa shape index (κ1) is 13.3. The minimum atomic E-state index is 0.307. The van der Waals surface area contributed by atoms with Gasteiger partial charge in [-0.05, 0) is 30.7 Å². The van der Waals surface area contributed by atoms with Gasteiger partial charge in [0.2, 0.25) is 11.7 Å². The van der Waals surface area contributed by atoms with E-state index in [1.165, 1.54) is 0 Å². The van der Waals surface area contributed by atoms with Crippen molar-refractivity contribution in [3.05, 3.63) is 34.1 Å². The highest BCUT2D eigenvalue weighted by molar-refractivity contribution is 6.35. The Hall–Kier alpha value is -1.10. The fourth-order valence-electron chi connectivity index (χ4n) is 1.52. The molecule has 0 amide bonds. The van der Waals surface area contributed by atoms with Crippen LogP contribution >= 0.6 is 23.2 Å². The zero-order valence-electron chi connectivity index (χ0n) is 9.86. The Balaban J connectivity index is 2.23. The van der Waals surface area contributed by atoms with Gasteiger partial charge in [-0.2, -0.15) is 4.98 Å². The van der Waals surface area contributed by atoms with Gasteiger partial charge in [0.1, 0.15) is 0 Å². The lowest BCUT2D eigenvalue weighted by Crippen LogP contribution is -2.13. The number of hydrogen-bond acceptors (Lipinski definition) is 4. The van der Waals surface area contributed by atoms with E-state index in [1.54, 1.807) is 18.2 Å². The van der Waals surface area contributed by atoms with E-state index in [4.69, 9.17) is 33.5 Å². The molecule has 2 rings (SSSR count). The lowest BCUT2D eigenvalue weighted by molar-refractivity contribution is 0.360. The molecule has 18 heavy (non-hydrogen) atoms. The van der Waals surface area contributed by atoms with Crippen molar-refractivity contribution in [3.8, 4) is 11.4 Å². The lowest BCUT2D eigenvalue weighted by Gasteiger charge is -2.02. The average molecular weight is 286 g/mol. The summed E-state index contributed by atoms with van der Waals surface area (Å²) in [5.41, 5.74) is 6.29. The molecular weight excluding hydrogens is 273 g/mol. The number of halogens is 2. The molecular formula is C12H13Cl2N3O. The van der Waals surface area contributed by atoms with E-state index < -0.39 is 0 Å². The molecule has 2 N–H and O–H groups in total. The highest BCUT2D eigenvalue weighted by atomic mass is 35.5. The molecule has 1 heterocycles. The third-order valence-corrected chi connectivity index (χ3v) is 2.95. The zero-order valence-corrected chi connectivity index (χ0v) is 11.4. The molecule has 6 heteroatoms. The van der Waals surface area contributed by atoms with Crippen molar-refractivity contribution in [2.45, 2.75) is 13.3 Å². The molecule has 0 saturated heterocycles. The summed E-state index contributed by atoms with van der Waals surface area (Å²) in [7, 11) is 0. The smallest absolute Gasteiger partial charge is 0.227 e. The van der Waals surface area contributed by atoms with Crippen LogP contribution in [-0.4, -0.2) is 16.7 Å². The minimum Gasteiger partial charge on any atom is -0.339 e. The summed E-state index contributed by atoms with van der Waals surface area (Å²) < 4.78 is 5.17. The number of nitrogens with two attached hydrogens (primary N) is 1. The molecule has 0 aliphatic rings. The minimum absolute atomic E-state index is 0.307. The van der Waals surface area contributed by atoms with Crippen molar-refractivity contribution >= 4 is 23.2 Å². The fourth-order valence-corrected chi connectivity index (χ4v) is 2.05. The quantitative estimate of drug-likeness (QED) is 0.937. The van der Waals surface area contributed by atoms with Crippen LogP contribution in [0.15, 0.2) is 22.7 Å². The molecule has 0 fully saturated rings. The van der Waals surface area contributed by atoms with Gasteiger partial charge >= 0.3 is 0 Å². The van der Waals surface area contributed by atoms with Crippen LogP contribution in [0.2, 0.25) is 10.0 Å². The Morgan fingerprint density at radius 1 is 1.28 bits per heavy atom. The average Bonchev–Trinajstić information content (AvgIpc) is 2.76. The Bertz CT molecular complexity index is 522. The van der Waals surface area contributed by atoms with Crippen LogP contribution in [0.3, 0.4) is 0 Å². The van der Waals surface area contributed by atoms with Crippen molar-refractivity contribution in [3.63, 3.8) is 0 Å². The Morgan fingerprint density at radius 2 is 1.94 bits per heavy atom. The highest BCUT2D eigenvalue weighted by Gasteiger charge is 2.12. The molecule has 0 saturated carbocycles. The first-order valence-electron chi connectivity index (χ1n) is 5.57. The van der Waals surface area contributed by atoms with Gasteiger partial charge in [-0.15, -0.1) is 0 Å². The number of rotatable bonds is 4. The van der Waals surface area contributed by atoms with Crippen molar-refractivity contribution in [2.75, 3.05) is 6.54 Å². The van der Waals surface area contributed by atoms with E-state index >= 15 is 0 Å². The number of hydrogen-bond donors (Lipinski definition) is 1. The summed E-state index contributed by atoms with van der Waals surface area (Å²) in [5.74, 6) is 1.36. The first-order chi connectivity index (χ1) is 8.58. The lowest BCUT2D eigenvalue weighted by atomic mass is 10.1. The van der Waals surface area contributed by atoms with E-state index in [1.807, 2.05) is 6.92 Å². The van der Waals surface area contributed by atoms with Crippen molar-refractivity contribution in [1.82, 2.24) is 10.1 Å². The molecule has 96 valence electrons. The maximum Gasteiger partial charge on any atom is 0.227 e. The van der Waals surface area contributed by atoms with Crippen LogP contribution < -0.4 is 5.73 Å². The summed E-state index contributed by atoms with van der Waals surface area (Å²) in [4.78, 5) is 4.30. The van der Waals surface area contributed by atoms with Gasteiger partial charge in [-0.3, -0.25) is 0 Å². The Kier molecular flexibility index (Phi) is 4.22. The van der Waals surface area contributed by atoms with Crippen LogP contribution in [-0.2, 0) is 6.42 Å². The standard InChI is InChI=1S/C12H13Cl2N3O/c1-7(6-15)2-11-16-12(17-18-11)8-3-9(13)5-10(14)4-8/h3-5,7H,2,6,15H2,1H3. The van der Waals surface area contributed by atoms with Gasteiger partial charge in [-0.1, -0.05) is 35.3 Å². The van der Waals surface area contributed by atoms with Gasteiger partial charge < -0.3 is 10.3 Å². The maximum atomic E-state index is 5.93. The van der Waals surface area contributed by atoms with Crippen LogP contribution in [0.25, 0.3) is 11.4 Å². The summed E-state index contributed by atoms with van der Waals surface area (Å²) in [6.07, 6.45) is 0.664. The molecule has 1 aromatic carbocycles. The van der Waals surface area contributed by atoms with Crippen LogP contribution in [0.1, 0.15) is 12.8 Å². The molecule has 1 aromatic heterocycles. The number of aromatic nitrogens is 2. The normalized spacial score (nSPS) is 12.7. The molecule has 4 nitrogen and oxygen atoms in total. The van der Waals surface area contributed by atoms with Crippen molar-refractivity contribution < 1.29 is 4.52 Å². The fraction of sp³-hybridized carbons (Fsp3) is 0.333. The number of benzene rings is 1. The van der Waals surface area contributed by atoms with Gasteiger partial charge in [0.05, 0.1) is 0 Å². The second-order valence-electron chi connectivity index (χ2n) is 4.21. The Labute approximate surface area is 115 Å². The Morgan fingerprint density at radius 3 is 2.56 bits per heavy atom. The third kappa shape index (κ3) is 3.22. The maximum absolute atomic E-state index is 5.93. The number of nitrogens with zero attached hydrogens (tertiary/aromatic N) is 2.